The van der Waals surface area contributed by atoms with E-state index in [0.29, 0.717) is 6.54 Å². The van der Waals surface area contributed by atoms with Crippen LogP contribution in [0, 0.1) is 0 Å². The number of rotatable bonds is 6. The highest BCUT2D eigenvalue weighted by Crippen LogP contribution is 2.32. The Labute approximate surface area is 170 Å². The number of hydrogen-bond acceptors (Lipinski definition) is 5. The van der Waals surface area contributed by atoms with E-state index in [1.165, 1.54) is 0 Å². The van der Waals surface area contributed by atoms with E-state index >= 15 is 0 Å². The third-order valence-corrected chi connectivity index (χ3v) is 6.25. The van der Waals surface area contributed by atoms with E-state index in [1.807, 2.05) is 62.8 Å². The summed E-state index contributed by atoms with van der Waals surface area (Å²) in [6.07, 6.45) is 1.99. The first-order chi connectivity index (χ1) is 12.5. The second-order valence-corrected chi connectivity index (χ2v) is 8.84. The summed E-state index contributed by atoms with van der Waals surface area (Å²) in [4.78, 5) is 22.9. The zero-order chi connectivity index (χ0) is 18.7. The van der Waals surface area contributed by atoms with Crippen LogP contribution < -0.4 is 4.90 Å². The van der Waals surface area contributed by atoms with Gasteiger partial charge in [0.1, 0.15) is 0 Å². The van der Waals surface area contributed by atoms with E-state index in [2.05, 4.69) is 20.8 Å². The van der Waals surface area contributed by atoms with Crippen molar-refractivity contribution in [3.8, 4) is 0 Å². The molecule has 0 aliphatic carbocycles. The first-order valence-electron chi connectivity index (χ1n) is 8.15. The molecule has 0 unspecified atom stereocenters. The van der Waals surface area contributed by atoms with Gasteiger partial charge in [0.05, 0.1) is 15.8 Å². The van der Waals surface area contributed by atoms with Gasteiger partial charge >= 0.3 is 0 Å². The third kappa shape index (κ3) is 4.28. The van der Waals surface area contributed by atoms with Crippen LogP contribution in [0.5, 0.6) is 0 Å². The molecule has 1 amide bonds. The van der Waals surface area contributed by atoms with Crippen LogP contribution >= 0.6 is 39.0 Å². The van der Waals surface area contributed by atoms with Crippen LogP contribution in [-0.4, -0.2) is 49.2 Å². The molecule has 26 heavy (non-hydrogen) atoms. The van der Waals surface area contributed by atoms with Crippen LogP contribution in [0.3, 0.4) is 0 Å². The second-order valence-electron chi connectivity index (χ2n) is 6.07. The third-order valence-electron chi connectivity index (χ3n) is 3.92. The van der Waals surface area contributed by atoms with Gasteiger partial charge in [0.2, 0.25) is 0 Å². The average molecular weight is 450 g/mol. The molecule has 2 aromatic carbocycles. The minimum atomic E-state index is -0.00470. The number of anilines is 1. The number of benzene rings is 2. The number of thiazole rings is 1. The number of nitrogens with zero attached hydrogens (tertiary/aromatic N) is 3. The molecule has 1 heterocycles. The Kier molecular flexibility index (Phi) is 6.34. The Morgan fingerprint density at radius 2 is 1.96 bits per heavy atom. The molecule has 0 bridgehead atoms. The van der Waals surface area contributed by atoms with Gasteiger partial charge in [0.25, 0.3) is 5.91 Å². The topological polar surface area (TPSA) is 36.4 Å². The van der Waals surface area contributed by atoms with Gasteiger partial charge < -0.3 is 4.90 Å². The van der Waals surface area contributed by atoms with E-state index in [1.54, 1.807) is 28.0 Å². The van der Waals surface area contributed by atoms with Crippen molar-refractivity contribution in [2.75, 3.05) is 38.3 Å². The van der Waals surface area contributed by atoms with E-state index in [9.17, 15) is 4.79 Å². The van der Waals surface area contributed by atoms with Crippen LogP contribution in [0.2, 0.25) is 0 Å². The number of aromatic nitrogens is 1. The maximum atomic E-state index is 13.3. The summed E-state index contributed by atoms with van der Waals surface area (Å²) in [5.74, 6) is -0.00470. The molecule has 0 atom stereocenters. The van der Waals surface area contributed by atoms with Crippen molar-refractivity contribution in [1.82, 2.24) is 9.88 Å². The maximum Gasteiger partial charge on any atom is 0.261 e. The predicted octanol–water partition coefficient (Wildman–Crippen LogP) is 4.99. The smallest absolute Gasteiger partial charge is 0.261 e. The monoisotopic (exact) mass is 449 g/mol. The first-order valence-corrected chi connectivity index (χ1v) is 11.0. The van der Waals surface area contributed by atoms with E-state index < -0.39 is 0 Å². The quantitative estimate of drug-likeness (QED) is 0.496. The van der Waals surface area contributed by atoms with Gasteiger partial charge in [0.15, 0.2) is 5.13 Å². The fraction of sp³-hybridized carbons (Fsp3) is 0.263. The van der Waals surface area contributed by atoms with Crippen LogP contribution in [0.1, 0.15) is 10.4 Å². The Hall–Kier alpha value is -1.41. The highest BCUT2D eigenvalue weighted by Gasteiger charge is 2.23. The summed E-state index contributed by atoms with van der Waals surface area (Å²) in [5, 5.41) is 0.737. The average Bonchev–Trinajstić information content (AvgIpc) is 3.04. The molecule has 4 nitrogen and oxygen atoms in total. The lowest BCUT2D eigenvalue weighted by atomic mass is 10.2. The van der Waals surface area contributed by atoms with Gasteiger partial charge in [-0.2, -0.15) is 0 Å². The largest absolute Gasteiger partial charge is 0.308 e. The summed E-state index contributed by atoms with van der Waals surface area (Å²) in [6.45, 7) is 1.36. The van der Waals surface area contributed by atoms with Gasteiger partial charge in [-0.25, -0.2) is 4.98 Å². The zero-order valence-electron chi connectivity index (χ0n) is 14.9. The number of carbonyl (C=O) groups excluding carboxylic acids is 1. The molecule has 7 heteroatoms. The number of fused-ring (bicyclic) bond motifs is 1. The molecule has 0 fully saturated rings. The van der Waals surface area contributed by atoms with Gasteiger partial charge in [-0.3, -0.25) is 9.69 Å². The molecule has 0 spiro atoms. The fourth-order valence-electron chi connectivity index (χ4n) is 2.55. The summed E-state index contributed by atoms with van der Waals surface area (Å²) >= 11 is 6.63. The maximum absolute atomic E-state index is 13.3. The minimum Gasteiger partial charge on any atom is -0.308 e. The highest BCUT2D eigenvalue weighted by atomic mass is 79.9. The fourth-order valence-corrected chi connectivity index (χ4v) is 4.68. The zero-order valence-corrected chi connectivity index (χ0v) is 18.1. The van der Waals surface area contributed by atoms with Gasteiger partial charge in [-0.1, -0.05) is 39.4 Å². The predicted molar refractivity (Wildman–Crippen MR) is 116 cm³/mol. The van der Waals surface area contributed by atoms with Crippen LogP contribution in [0.25, 0.3) is 10.2 Å². The van der Waals surface area contributed by atoms with Gasteiger partial charge in [0, 0.05) is 22.5 Å². The SMILES string of the molecule is CSc1ccccc1C(=O)N(CCN(C)C)c1nc2ccc(Br)cc2s1. The molecule has 0 aliphatic heterocycles. The van der Waals surface area contributed by atoms with Crippen LogP contribution in [-0.2, 0) is 0 Å². The first kappa shape index (κ1) is 19.4. The normalized spacial score (nSPS) is 11.3. The molecule has 0 N–H and O–H groups in total. The number of hydrogen-bond donors (Lipinski definition) is 0. The molecule has 136 valence electrons. The molecule has 0 saturated carbocycles. The lowest BCUT2D eigenvalue weighted by molar-refractivity contribution is 0.0982. The molecular weight excluding hydrogens is 430 g/mol. The molecule has 0 saturated heterocycles. The molecule has 0 aliphatic rings. The number of thioether (sulfide) groups is 1. The van der Waals surface area contributed by atoms with Crippen LogP contribution in [0.15, 0.2) is 51.8 Å². The molecule has 1 aromatic heterocycles. The second kappa shape index (κ2) is 8.52. The van der Waals surface area contributed by atoms with Crippen molar-refractivity contribution in [2.45, 2.75) is 4.90 Å². The minimum absolute atomic E-state index is 0.00470. The highest BCUT2D eigenvalue weighted by molar-refractivity contribution is 9.10. The van der Waals surface area contributed by atoms with Crippen molar-refractivity contribution in [3.05, 3.63) is 52.5 Å². The number of halogens is 1. The molecule has 0 radical (unpaired) electrons. The van der Waals surface area contributed by atoms with E-state index in [-0.39, 0.29) is 5.91 Å². The number of carbonyl (C=O) groups is 1. The molecule has 3 rings (SSSR count). The summed E-state index contributed by atoms with van der Waals surface area (Å²) in [7, 11) is 4.02. The molecule has 3 aromatic rings. The van der Waals surface area contributed by atoms with E-state index in [0.717, 1.165) is 36.8 Å². The Balaban J connectivity index is 2.01. The van der Waals surface area contributed by atoms with E-state index in [4.69, 9.17) is 4.98 Å². The molecular formula is C19H20BrN3OS2. The van der Waals surface area contributed by atoms with Crippen molar-refractivity contribution < 1.29 is 4.79 Å². The van der Waals surface area contributed by atoms with Gasteiger partial charge in [-0.15, -0.1) is 11.8 Å². The lowest BCUT2D eigenvalue weighted by Crippen LogP contribution is -2.37. The van der Waals surface area contributed by atoms with Crippen molar-refractivity contribution >= 4 is 60.3 Å². The Bertz CT molecular complexity index is 926. The number of amides is 1. The summed E-state index contributed by atoms with van der Waals surface area (Å²) < 4.78 is 2.08. The van der Waals surface area contributed by atoms with Crippen molar-refractivity contribution in [1.29, 1.82) is 0 Å². The van der Waals surface area contributed by atoms with Gasteiger partial charge in [-0.05, 0) is 50.7 Å². The van der Waals surface area contributed by atoms with Crippen molar-refractivity contribution in [2.24, 2.45) is 0 Å². The van der Waals surface area contributed by atoms with Crippen LogP contribution in [0.4, 0.5) is 5.13 Å². The lowest BCUT2D eigenvalue weighted by Gasteiger charge is -2.22. The Morgan fingerprint density at radius 3 is 2.69 bits per heavy atom. The standard InChI is InChI=1S/C19H20BrN3OS2/c1-22(2)10-11-23(18(24)14-6-4-5-7-16(14)25-3)19-21-15-9-8-13(20)12-17(15)26-19/h4-9,12H,10-11H2,1-3H3. The van der Waals surface area contributed by atoms with Crippen molar-refractivity contribution in [3.63, 3.8) is 0 Å². The number of likely N-dealkylation sites (N-methyl/N-ethyl adjacent to an activating group) is 1. The summed E-state index contributed by atoms with van der Waals surface area (Å²) in [5.41, 5.74) is 1.63. The summed E-state index contributed by atoms with van der Waals surface area (Å²) in [6, 6.07) is 13.7. The Morgan fingerprint density at radius 1 is 1.19 bits per heavy atom.